The van der Waals surface area contributed by atoms with Crippen molar-refractivity contribution >= 4 is 0 Å². The van der Waals surface area contributed by atoms with Crippen LogP contribution in [-0.2, 0) is 6.42 Å². The van der Waals surface area contributed by atoms with Gasteiger partial charge >= 0.3 is 0 Å². The van der Waals surface area contributed by atoms with Crippen molar-refractivity contribution in [3.05, 3.63) is 71.3 Å². The predicted octanol–water partition coefficient (Wildman–Crippen LogP) is 3.16. The van der Waals surface area contributed by atoms with Gasteiger partial charge in [-0.05, 0) is 41.7 Å². The van der Waals surface area contributed by atoms with Crippen LogP contribution >= 0.6 is 0 Å². The van der Waals surface area contributed by atoms with Gasteiger partial charge in [-0.2, -0.15) is 5.26 Å². The van der Waals surface area contributed by atoms with Gasteiger partial charge in [0.1, 0.15) is 0 Å². The zero-order valence-electron chi connectivity index (χ0n) is 10.4. The van der Waals surface area contributed by atoms with Crippen molar-refractivity contribution in [1.82, 2.24) is 0 Å². The summed E-state index contributed by atoms with van der Waals surface area (Å²) in [5.41, 5.74) is 2.87. The van der Waals surface area contributed by atoms with Gasteiger partial charge in [0.05, 0.1) is 12.5 Å². The van der Waals surface area contributed by atoms with E-state index in [2.05, 4.69) is 29.8 Å². The maximum Gasteiger partial charge on any atom is 0.0669 e. The Morgan fingerprint density at radius 1 is 0.737 bits per heavy atom. The molecular weight excluding hydrogens is 230 g/mol. The predicted molar refractivity (Wildman–Crippen MR) is 76.0 cm³/mol. The van der Waals surface area contributed by atoms with Gasteiger partial charge in [-0.25, -0.2) is 0 Å². The van der Waals surface area contributed by atoms with Crippen molar-refractivity contribution in [2.45, 2.75) is 6.42 Å². The van der Waals surface area contributed by atoms with E-state index in [1.807, 2.05) is 54.6 Å². The minimum Gasteiger partial charge on any atom is -0.198 e. The Labute approximate surface area is 113 Å². The van der Waals surface area contributed by atoms with E-state index in [-0.39, 0.29) is 0 Å². The molecular formula is C18H11N. The fraction of sp³-hybridized carbons (Fsp3) is 0.0556. The van der Waals surface area contributed by atoms with Gasteiger partial charge in [0.15, 0.2) is 0 Å². The monoisotopic (exact) mass is 241 g/mol. The van der Waals surface area contributed by atoms with Crippen LogP contribution in [0.1, 0.15) is 16.7 Å². The van der Waals surface area contributed by atoms with Gasteiger partial charge < -0.3 is 0 Å². The highest BCUT2D eigenvalue weighted by Gasteiger charge is 1.90. The van der Waals surface area contributed by atoms with Crippen LogP contribution in [0, 0.1) is 35.0 Å². The Bertz CT molecular complexity index is 696. The summed E-state index contributed by atoms with van der Waals surface area (Å²) >= 11 is 0. The quantitative estimate of drug-likeness (QED) is 0.703. The van der Waals surface area contributed by atoms with Gasteiger partial charge in [0.25, 0.3) is 0 Å². The summed E-state index contributed by atoms with van der Waals surface area (Å²) in [4.78, 5) is 0. The highest BCUT2D eigenvalue weighted by molar-refractivity contribution is 5.44. The van der Waals surface area contributed by atoms with Crippen LogP contribution in [0.25, 0.3) is 0 Å². The van der Waals surface area contributed by atoms with Crippen LogP contribution in [0.3, 0.4) is 0 Å². The summed E-state index contributed by atoms with van der Waals surface area (Å²) in [5, 5.41) is 8.57. The average molecular weight is 241 g/mol. The van der Waals surface area contributed by atoms with E-state index in [9.17, 15) is 0 Å². The van der Waals surface area contributed by atoms with E-state index in [4.69, 9.17) is 5.26 Å². The molecule has 88 valence electrons. The summed E-state index contributed by atoms with van der Waals surface area (Å²) in [6.07, 6.45) is 0.432. The van der Waals surface area contributed by atoms with Gasteiger partial charge in [-0.3, -0.25) is 0 Å². The molecule has 0 amide bonds. The maximum absolute atomic E-state index is 8.57. The molecule has 2 aromatic carbocycles. The Hall–Kier alpha value is -2.95. The van der Waals surface area contributed by atoms with E-state index in [0.717, 1.165) is 16.7 Å². The molecule has 19 heavy (non-hydrogen) atoms. The average Bonchev–Trinajstić information content (AvgIpc) is 2.47. The molecule has 2 rings (SSSR count). The van der Waals surface area contributed by atoms with Crippen molar-refractivity contribution in [2.75, 3.05) is 0 Å². The first-order valence-corrected chi connectivity index (χ1v) is 5.91. The van der Waals surface area contributed by atoms with Crippen LogP contribution in [0.4, 0.5) is 0 Å². The van der Waals surface area contributed by atoms with Gasteiger partial charge in [-0.1, -0.05) is 42.2 Å². The van der Waals surface area contributed by atoms with Crippen molar-refractivity contribution in [3.8, 4) is 29.8 Å². The maximum atomic E-state index is 8.57. The molecule has 1 nitrogen and oxygen atoms in total. The lowest BCUT2D eigenvalue weighted by Gasteiger charge is -1.93. The molecule has 0 fully saturated rings. The lowest BCUT2D eigenvalue weighted by molar-refractivity contribution is 1.26. The van der Waals surface area contributed by atoms with E-state index in [0.29, 0.717) is 6.42 Å². The van der Waals surface area contributed by atoms with Gasteiger partial charge in [-0.15, -0.1) is 0 Å². The van der Waals surface area contributed by atoms with E-state index >= 15 is 0 Å². The van der Waals surface area contributed by atoms with Crippen molar-refractivity contribution < 1.29 is 0 Å². The molecule has 0 atom stereocenters. The Morgan fingerprint density at radius 3 is 1.89 bits per heavy atom. The van der Waals surface area contributed by atoms with Gasteiger partial charge in [0, 0.05) is 11.1 Å². The molecule has 0 aliphatic rings. The summed E-state index contributed by atoms with van der Waals surface area (Å²) in [5.74, 6) is 11.6. The molecule has 0 bridgehead atoms. The molecule has 0 saturated carbocycles. The lowest BCUT2D eigenvalue weighted by Crippen LogP contribution is -1.81. The van der Waals surface area contributed by atoms with Crippen molar-refractivity contribution in [3.63, 3.8) is 0 Å². The third-order valence-electron chi connectivity index (χ3n) is 2.49. The molecule has 2 aromatic rings. The first-order valence-electron chi connectivity index (χ1n) is 5.91. The smallest absolute Gasteiger partial charge is 0.0669 e. The minimum absolute atomic E-state index is 0.432. The number of hydrogen-bond donors (Lipinski definition) is 0. The van der Waals surface area contributed by atoms with Crippen LogP contribution < -0.4 is 0 Å². The topological polar surface area (TPSA) is 23.8 Å². The molecule has 0 radical (unpaired) electrons. The van der Waals surface area contributed by atoms with E-state index < -0.39 is 0 Å². The highest BCUT2D eigenvalue weighted by atomic mass is 14.2. The third-order valence-corrected chi connectivity index (χ3v) is 2.49. The second-order valence-electron chi connectivity index (χ2n) is 3.90. The lowest BCUT2D eigenvalue weighted by atomic mass is 10.1. The molecule has 0 aliphatic heterocycles. The standard InChI is InChI=1S/C18H11N/c19-15-14-18-12-10-17(11-13-18)9-5-4-8-16-6-2-1-3-7-16/h1-3,6-7,10-13H,14H2. The summed E-state index contributed by atoms with van der Waals surface area (Å²) < 4.78 is 0. The van der Waals surface area contributed by atoms with E-state index in [1.54, 1.807) is 0 Å². The normalized spacial score (nSPS) is 8.37. The first kappa shape index (κ1) is 12.5. The number of rotatable bonds is 1. The zero-order chi connectivity index (χ0) is 13.3. The fourth-order valence-corrected chi connectivity index (χ4v) is 1.53. The van der Waals surface area contributed by atoms with Crippen molar-refractivity contribution in [2.24, 2.45) is 0 Å². The second-order valence-corrected chi connectivity index (χ2v) is 3.90. The highest BCUT2D eigenvalue weighted by Crippen LogP contribution is 2.03. The number of nitriles is 1. The van der Waals surface area contributed by atoms with Crippen molar-refractivity contribution in [1.29, 1.82) is 5.26 Å². The second kappa shape index (κ2) is 6.70. The number of benzene rings is 2. The molecule has 0 spiro atoms. The fourth-order valence-electron chi connectivity index (χ4n) is 1.53. The number of hydrogen-bond acceptors (Lipinski definition) is 1. The summed E-state index contributed by atoms with van der Waals surface area (Å²) in [6.45, 7) is 0. The molecule has 0 N–H and O–H groups in total. The van der Waals surface area contributed by atoms with Crippen LogP contribution in [0.5, 0.6) is 0 Å². The summed E-state index contributed by atoms with van der Waals surface area (Å²) in [7, 11) is 0. The Morgan fingerprint density at radius 2 is 1.32 bits per heavy atom. The minimum atomic E-state index is 0.432. The SMILES string of the molecule is N#CCc1ccc(C#CC#Cc2ccccc2)cc1. The third kappa shape index (κ3) is 4.08. The summed E-state index contributed by atoms with van der Waals surface area (Å²) in [6, 6.07) is 19.5. The van der Waals surface area contributed by atoms with Crippen LogP contribution in [-0.4, -0.2) is 0 Å². The molecule has 0 heterocycles. The Kier molecular flexibility index (Phi) is 4.41. The molecule has 1 heteroatoms. The Balaban J connectivity index is 2.05. The van der Waals surface area contributed by atoms with Gasteiger partial charge in [0.2, 0.25) is 0 Å². The molecule has 0 aliphatic carbocycles. The van der Waals surface area contributed by atoms with E-state index in [1.165, 1.54) is 0 Å². The molecule has 0 saturated heterocycles. The first-order chi connectivity index (χ1) is 9.38. The van der Waals surface area contributed by atoms with Crippen LogP contribution in [0.15, 0.2) is 54.6 Å². The van der Waals surface area contributed by atoms with Crippen LogP contribution in [0.2, 0.25) is 0 Å². The molecule has 0 unspecified atom stereocenters. The molecule has 0 aromatic heterocycles. The zero-order valence-corrected chi connectivity index (χ0v) is 10.4. The largest absolute Gasteiger partial charge is 0.198 e. The number of nitrogens with zero attached hydrogens (tertiary/aromatic N) is 1.